The van der Waals surface area contributed by atoms with E-state index in [1.54, 1.807) is 4.57 Å². The highest BCUT2D eigenvalue weighted by atomic mass is 32.2. The zero-order chi connectivity index (χ0) is 25.4. The Morgan fingerprint density at radius 2 is 1.78 bits per heavy atom. The van der Waals surface area contributed by atoms with E-state index in [1.165, 1.54) is 23.1 Å². The van der Waals surface area contributed by atoms with Crippen LogP contribution in [0.1, 0.15) is 5.76 Å². The molecule has 0 spiro atoms. The van der Waals surface area contributed by atoms with Gasteiger partial charge in [0.25, 0.3) is 5.56 Å². The Bertz CT molecular complexity index is 1820. The van der Waals surface area contributed by atoms with E-state index in [0.717, 1.165) is 27.8 Å². The second kappa shape index (κ2) is 9.72. The smallest absolute Gasteiger partial charge is 0.268 e. The van der Waals surface area contributed by atoms with Gasteiger partial charge in [-0.05, 0) is 54.1 Å². The van der Waals surface area contributed by atoms with Crippen molar-refractivity contribution >= 4 is 55.7 Å². The number of furan rings is 1. The topological polar surface area (TPSA) is 77.1 Å². The molecule has 0 atom stereocenters. The van der Waals surface area contributed by atoms with Crippen molar-refractivity contribution in [3.8, 4) is 17.0 Å². The minimum atomic E-state index is -0.195. The van der Waals surface area contributed by atoms with Crippen molar-refractivity contribution in [2.45, 2.75) is 12.1 Å². The molecule has 0 fully saturated rings. The fourth-order valence-electron chi connectivity index (χ4n) is 4.23. The molecule has 0 aliphatic carbocycles. The van der Waals surface area contributed by atoms with Crippen LogP contribution < -0.4 is 10.9 Å². The van der Waals surface area contributed by atoms with Crippen LogP contribution >= 0.6 is 23.1 Å². The first-order valence-corrected chi connectivity index (χ1v) is 13.5. The van der Waals surface area contributed by atoms with Crippen molar-refractivity contribution in [1.82, 2.24) is 9.55 Å². The molecule has 0 radical (unpaired) electrons. The van der Waals surface area contributed by atoms with Crippen LogP contribution in [0.5, 0.6) is 0 Å². The van der Waals surface area contributed by atoms with Crippen molar-refractivity contribution in [2.24, 2.45) is 0 Å². The number of nitrogens with one attached hydrogen (secondary N) is 1. The molecule has 0 bridgehead atoms. The van der Waals surface area contributed by atoms with Gasteiger partial charge in [-0.1, -0.05) is 60.3 Å². The highest BCUT2D eigenvalue weighted by Gasteiger charge is 2.20. The second-order valence-corrected chi connectivity index (χ2v) is 10.3. The van der Waals surface area contributed by atoms with Crippen LogP contribution in [0.3, 0.4) is 0 Å². The van der Waals surface area contributed by atoms with Crippen molar-refractivity contribution in [3.05, 3.63) is 106 Å². The van der Waals surface area contributed by atoms with E-state index in [9.17, 15) is 9.59 Å². The third-order valence-corrected chi connectivity index (χ3v) is 7.77. The van der Waals surface area contributed by atoms with Crippen molar-refractivity contribution in [1.29, 1.82) is 0 Å². The first-order valence-electron chi connectivity index (χ1n) is 11.6. The Morgan fingerprint density at radius 1 is 1.00 bits per heavy atom. The number of hydrogen-bond donors (Lipinski definition) is 1. The van der Waals surface area contributed by atoms with E-state index >= 15 is 0 Å². The van der Waals surface area contributed by atoms with E-state index in [2.05, 4.69) is 5.32 Å². The van der Waals surface area contributed by atoms with Crippen LogP contribution in [0.25, 0.3) is 38.0 Å². The molecule has 0 aliphatic rings. The van der Waals surface area contributed by atoms with Gasteiger partial charge in [-0.25, -0.2) is 4.98 Å². The van der Waals surface area contributed by atoms with Gasteiger partial charge in [0, 0.05) is 16.6 Å². The van der Waals surface area contributed by atoms with E-state index in [0.29, 0.717) is 26.8 Å². The Labute approximate surface area is 220 Å². The molecule has 0 saturated carbocycles. The lowest BCUT2D eigenvalue weighted by Crippen LogP contribution is -2.22. The number of thiophene rings is 1. The average Bonchev–Trinajstić information content (AvgIpc) is 3.54. The number of fused-ring (bicyclic) bond motifs is 2. The second-order valence-electron chi connectivity index (χ2n) is 8.51. The quantitative estimate of drug-likeness (QED) is 0.190. The molecular formula is C29H21N3O3S2. The van der Waals surface area contributed by atoms with Crippen molar-refractivity contribution in [2.75, 3.05) is 11.1 Å². The van der Waals surface area contributed by atoms with E-state index in [1.807, 2.05) is 97.2 Å². The van der Waals surface area contributed by atoms with Gasteiger partial charge in [-0.2, -0.15) is 0 Å². The number of carbonyl (C=O) groups is 1. The van der Waals surface area contributed by atoms with Gasteiger partial charge < -0.3 is 9.73 Å². The molecule has 6 rings (SSSR count). The number of benzene rings is 3. The molecule has 0 unspecified atom stereocenters. The Hall–Kier alpha value is -4.14. The van der Waals surface area contributed by atoms with Gasteiger partial charge in [0.1, 0.15) is 16.4 Å². The molecular weight excluding hydrogens is 502 g/mol. The number of para-hydroxylation sites is 1. The Kier molecular flexibility index (Phi) is 6.12. The minimum absolute atomic E-state index is 0.104. The molecule has 3 heterocycles. The number of amides is 1. The maximum Gasteiger partial charge on any atom is 0.268 e. The third kappa shape index (κ3) is 4.57. The van der Waals surface area contributed by atoms with Crippen LogP contribution in [-0.2, 0) is 4.79 Å². The molecule has 1 amide bonds. The van der Waals surface area contributed by atoms with Gasteiger partial charge >= 0.3 is 0 Å². The molecule has 6 nitrogen and oxygen atoms in total. The maximum absolute atomic E-state index is 13.8. The molecule has 37 heavy (non-hydrogen) atoms. The molecule has 8 heteroatoms. The van der Waals surface area contributed by atoms with E-state index < -0.39 is 0 Å². The van der Waals surface area contributed by atoms with E-state index in [4.69, 9.17) is 9.40 Å². The summed E-state index contributed by atoms with van der Waals surface area (Å²) in [5.74, 6) is 1.34. The van der Waals surface area contributed by atoms with Crippen LogP contribution in [-0.4, -0.2) is 21.2 Å². The molecule has 0 aliphatic heterocycles. The maximum atomic E-state index is 13.8. The summed E-state index contributed by atoms with van der Waals surface area (Å²) in [6.45, 7) is 1.87. The Morgan fingerprint density at radius 3 is 2.57 bits per heavy atom. The summed E-state index contributed by atoms with van der Waals surface area (Å²) in [5.41, 5.74) is 1.94. The summed E-state index contributed by atoms with van der Waals surface area (Å²) >= 11 is 2.62. The number of aromatic nitrogens is 2. The lowest BCUT2D eigenvalue weighted by atomic mass is 10.1. The lowest BCUT2D eigenvalue weighted by molar-refractivity contribution is -0.113. The summed E-state index contributed by atoms with van der Waals surface area (Å²) < 4.78 is 7.37. The van der Waals surface area contributed by atoms with Crippen LogP contribution in [0.4, 0.5) is 5.69 Å². The Balaban J connectivity index is 1.34. The van der Waals surface area contributed by atoms with Gasteiger partial charge in [-0.3, -0.25) is 14.2 Å². The number of carbonyl (C=O) groups excluding carboxylic acids is 1. The van der Waals surface area contributed by atoms with E-state index in [-0.39, 0.29) is 17.2 Å². The van der Waals surface area contributed by atoms with Crippen LogP contribution in [0, 0.1) is 6.92 Å². The normalized spacial score (nSPS) is 11.3. The molecule has 3 aromatic carbocycles. The SMILES string of the molecule is Cc1ccc(-c2csc3nc(SCC(=O)Nc4ccc5ccccc5c4)n(-c4ccccc4)c(=O)c23)o1. The predicted octanol–water partition coefficient (Wildman–Crippen LogP) is 6.90. The monoisotopic (exact) mass is 523 g/mol. The zero-order valence-corrected chi connectivity index (χ0v) is 21.4. The predicted molar refractivity (Wildman–Crippen MR) is 151 cm³/mol. The van der Waals surface area contributed by atoms with Crippen molar-refractivity contribution in [3.63, 3.8) is 0 Å². The summed E-state index contributed by atoms with van der Waals surface area (Å²) in [4.78, 5) is 32.1. The number of rotatable bonds is 6. The fraction of sp³-hybridized carbons (Fsp3) is 0.0690. The highest BCUT2D eigenvalue weighted by molar-refractivity contribution is 7.99. The largest absolute Gasteiger partial charge is 0.461 e. The number of nitrogens with zero attached hydrogens (tertiary/aromatic N) is 2. The lowest BCUT2D eigenvalue weighted by Gasteiger charge is -2.12. The molecule has 182 valence electrons. The fourth-order valence-corrected chi connectivity index (χ4v) is 6.01. The highest BCUT2D eigenvalue weighted by Crippen LogP contribution is 2.34. The number of anilines is 1. The molecule has 0 saturated heterocycles. The molecule has 3 aromatic heterocycles. The third-order valence-electron chi connectivity index (χ3n) is 5.96. The molecule has 1 N–H and O–H groups in total. The zero-order valence-electron chi connectivity index (χ0n) is 19.8. The summed E-state index contributed by atoms with van der Waals surface area (Å²) in [6, 6.07) is 26.9. The average molecular weight is 524 g/mol. The first kappa shape index (κ1) is 23.3. The van der Waals surface area contributed by atoms with Gasteiger partial charge in [0.05, 0.1) is 16.8 Å². The van der Waals surface area contributed by atoms with Gasteiger partial charge in [0.2, 0.25) is 5.91 Å². The van der Waals surface area contributed by atoms with Crippen LogP contribution in [0.2, 0.25) is 0 Å². The van der Waals surface area contributed by atoms with Gasteiger partial charge in [0.15, 0.2) is 5.16 Å². The molecule has 6 aromatic rings. The minimum Gasteiger partial charge on any atom is -0.461 e. The summed E-state index contributed by atoms with van der Waals surface area (Å²) in [5, 5.41) is 7.99. The van der Waals surface area contributed by atoms with Gasteiger partial charge in [-0.15, -0.1) is 11.3 Å². The standard InChI is InChI=1S/C29H21N3O3S2/c1-18-11-14-24(35-18)23-16-36-27-26(23)28(34)32(22-9-3-2-4-10-22)29(31-27)37-17-25(33)30-21-13-12-19-7-5-6-8-20(19)15-21/h2-16H,17H2,1H3,(H,30,33). The van der Waals surface area contributed by atoms with Crippen molar-refractivity contribution < 1.29 is 9.21 Å². The first-order chi connectivity index (χ1) is 18.1. The summed E-state index contributed by atoms with van der Waals surface area (Å²) in [6.07, 6.45) is 0. The summed E-state index contributed by atoms with van der Waals surface area (Å²) in [7, 11) is 0. The number of hydrogen-bond acceptors (Lipinski definition) is 6. The number of aryl methyl sites for hydroxylation is 1. The number of thioether (sulfide) groups is 1. The van der Waals surface area contributed by atoms with Crippen LogP contribution in [0.15, 0.2) is 105 Å².